The molecule has 228 valence electrons. The third-order valence-corrected chi connectivity index (χ3v) is 7.61. The van der Waals surface area contributed by atoms with E-state index in [0.29, 0.717) is 32.3 Å². The monoisotopic (exact) mass is 592 g/mol. The number of carbonyl (C=O) groups excluding carboxylic acids is 1. The van der Waals surface area contributed by atoms with Crippen molar-refractivity contribution in [2.24, 2.45) is 0 Å². The lowest BCUT2D eigenvalue weighted by atomic mass is 10.0. The number of imidazole rings is 1. The number of anilines is 2. The minimum absolute atomic E-state index is 0.0506. The maximum atomic E-state index is 13.5. The van der Waals surface area contributed by atoms with Gasteiger partial charge in [-0.25, -0.2) is 18.9 Å². The summed E-state index contributed by atoms with van der Waals surface area (Å²) in [6.07, 6.45) is 2.96. The Bertz CT molecular complexity index is 1570. The van der Waals surface area contributed by atoms with Crippen LogP contribution in [0.25, 0.3) is 11.0 Å². The molecule has 0 unspecified atom stereocenters. The van der Waals surface area contributed by atoms with Crippen LogP contribution in [0, 0.1) is 5.82 Å². The molecule has 2 aromatic heterocycles. The van der Waals surface area contributed by atoms with Crippen molar-refractivity contribution in [3.05, 3.63) is 82.5 Å². The normalized spacial score (nSPS) is 14.0. The number of rotatable bonds is 13. The van der Waals surface area contributed by atoms with Crippen molar-refractivity contribution in [2.45, 2.75) is 25.4 Å². The van der Waals surface area contributed by atoms with Crippen molar-refractivity contribution >= 4 is 28.8 Å². The lowest BCUT2D eigenvalue weighted by Gasteiger charge is -2.38. The number of para-hydroxylation sites is 2. The number of hydrogen-bond acceptors (Lipinski definition) is 9. The summed E-state index contributed by atoms with van der Waals surface area (Å²) in [6, 6.07) is 15.9. The van der Waals surface area contributed by atoms with Gasteiger partial charge in [0.05, 0.1) is 44.0 Å². The van der Waals surface area contributed by atoms with Gasteiger partial charge in [0.1, 0.15) is 12.4 Å². The molecule has 2 aromatic carbocycles. The highest BCUT2D eigenvalue weighted by atomic mass is 19.1. The molecule has 0 amide bonds. The topological polar surface area (TPSA) is 104 Å². The smallest absolute Gasteiger partial charge is 0.262 e. The van der Waals surface area contributed by atoms with Gasteiger partial charge in [-0.1, -0.05) is 24.3 Å². The molecule has 0 aliphatic carbocycles. The van der Waals surface area contributed by atoms with E-state index in [1.165, 1.54) is 24.4 Å². The van der Waals surface area contributed by atoms with Crippen molar-refractivity contribution in [3.63, 3.8) is 0 Å². The highest BCUT2D eigenvalue weighted by Crippen LogP contribution is 2.28. The summed E-state index contributed by atoms with van der Waals surface area (Å²) >= 11 is 0. The summed E-state index contributed by atoms with van der Waals surface area (Å²) < 4.78 is 32.5. The highest BCUT2D eigenvalue weighted by Gasteiger charge is 2.29. The Kier molecular flexibility index (Phi) is 10.1. The van der Waals surface area contributed by atoms with Gasteiger partial charge in [-0.3, -0.25) is 9.59 Å². The molecule has 12 heteroatoms. The molecule has 0 atom stereocenters. The Labute approximate surface area is 249 Å². The number of piperidine rings is 1. The van der Waals surface area contributed by atoms with Gasteiger partial charge in [0.2, 0.25) is 11.9 Å². The average molecular weight is 593 g/mol. The number of carbonyl (C=O) groups is 1. The molecule has 0 bridgehead atoms. The molecule has 0 saturated carbocycles. The van der Waals surface area contributed by atoms with E-state index in [1.807, 2.05) is 36.2 Å². The van der Waals surface area contributed by atoms with Crippen LogP contribution in [0.5, 0.6) is 0 Å². The number of halogens is 1. The van der Waals surface area contributed by atoms with Crippen LogP contribution in [0.2, 0.25) is 0 Å². The van der Waals surface area contributed by atoms with Crippen LogP contribution in [0.3, 0.4) is 0 Å². The lowest BCUT2D eigenvalue weighted by Crippen LogP contribution is -2.46. The van der Waals surface area contributed by atoms with Gasteiger partial charge in [-0.15, -0.1) is 0 Å². The number of hydrogen-bond donors (Lipinski definition) is 0. The summed E-state index contributed by atoms with van der Waals surface area (Å²) in [5.74, 6) is 0.407. The zero-order chi connectivity index (χ0) is 30.2. The van der Waals surface area contributed by atoms with E-state index in [1.54, 1.807) is 19.2 Å². The molecule has 1 aliphatic rings. The van der Waals surface area contributed by atoms with Crippen LogP contribution < -0.4 is 15.4 Å². The zero-order valence-electron chi connectivity index (χ0n) is 24.5. The van der Waals surface area contributed by atoms with Crippen molar-refractivity contribution in [1.82, 2.24) is 19.1 Å². The van der Waals surface area contributed by atoms with Crippen LogP contribution in [0.1, 0.15) is 23.2 Å². The minimum atomic E-state index is -0.483. The number of nitrogens with zero attached hydrogens (tertiary/aromatic N) is 6. The molecule has 0 N–H and O–H groups in total. The highest BCUT2D eigenvalue weighted by molar-refractivity contribution is 5.82. The van der Waals surface area contributed by atoms with E-state index in [4.69, 9.17) is 19.2 Å². The van der Waals surface area contributed by atoms with Gasteiger partial charge in [-0.2, -0.15) is 0 Å². The largest absolute Gasteiger partial charge is 0.382 e. The van der Waals surface area contributed by atoms with Crippen molar-refractivity contribution < 1.29 is 23.4 Å². The minimum Gasteiger partial charge on any atom is -0.382 e. The Hall–Kier alpha value is -4.13. The standard InChI is InChI=1S/C31H37FN6O5/c1-35(30-33-14-11-28(39)38(30)29(40)22-43-20-19-42-18-17-41-2)25-12-15-36(16-13-25)31-34-26-5-3-4-6-27(26)37(31)21-23-7-9-24(32)10-8-23/h3-11,14,25H,12-13,15-22H2,1-2H3. The number of aromatic nitrogens is 4. The summed E-state index contributed by atoms with van der Waals surface area (Å²) in [4.78, 5) is 39.3. The van der Waals surface area contributed by atoms with E-state index in [2.05, 4.69) is 14.5 Å². The first-order valence-corrected chi connectivity index (χ1v) is 14.4. The van der Waals surface area contributed by atoms with Crippen molar-refractivity contribution in [1.29, 1.82) is 0 Å². The first-order chi connectivity index (χ1) is 21.0. The fraction of sp³-hybridized carbons (Fsp3) is 0.419. The van der Waals surface area contributed by atoms with Gasteiger partial charge in [-0.05, 0) is 42.7 Å². The molecule has 1 fully saturated rings. The second kappa shape index (κ2) is 14.4. The number of fused-ring (bicyclic) bond motifs is 1. The third-order valence-electron chi connectivity index (χ3n) is 7.61. The Morgan fingerprint density at radius 3 is 2.49 bits per heavy atom. The molecule has 0 radical (unpaired) electrons. The molecule has 11 nitrogen and oxygen atoms in total. The van der Waals surface area contributed by atoms with E-state index < -0.39 is 11.5 Å². The quantitative estimate of drug-likeness (QED) is 0.217. The van der Waals surface area contributed by atoms with Gasteiger partial charge < -0.3 is 28.6 Å². The van der Waals surface area contributed by atoms with Crippen LogP contribution in [0.15, 0.2) is 65.6 Å². The van der Waals surface area contributed by atoms with E-state index >= 15 is 0 Å². The Morgan fingerprint density at radius 1 is 1.00 bits per heavy atom. The number of benzene rings is 2. The maximum Gasteiger partial charge on any atom is 0.262 e. The summed E-state index contributed by atoms with van der Waals surface area (Å²) in [5, 5.41) is 0. The fourth-order valence-electron chi connectivity index (χ4n) is 5.32. The molecular weight excluding hydrogens is 555 g/mol. The van der Waals surface area contributed by atoms with Gasteiger partial charge in [0.25, 0.3) is 11.5 Å². The summed E-state index contributed by atoms with van der Waals surface area (Å²) in [7, 11) is 3.46. The molecule has 1 aliphatic heterocycles. The van der Waals surface area contributed by atoms with Gasteiger partial charge >= 0.3 is 0 Å². The average Bonchev–Trinajstić information content (AvgIpc) is 3.39. The van der Waals surface area contributed by atoms with Gasteiger partial charge in [0.15, 0.2) is 0 Å². The predicted molar refractivity (Wildman–Crippen MR) is 162 cm³/mol. The van der Waals surface area contributed by atoms with Gasteiger partial charge in [0, 0.05) is 45.6 Å². The zero-order valence-corrected chi connectivity index (χ0v) is 24.5. The maximum absolute atomic E-state index is 13.5. The predicted octanol–water partition coefficient (Wildman–Crippen LogP) is 3.21. The molecule has 4 aromatic rings. The number of methoxy groups -OCH3 is 1. The van der Waals surface area contributed by atoms with Crippen LogP contribution in [-0.2, 0) is 20.8 Å². The van der Waals surface area contributed by atoms with E-state index in [-0.39, 0.29) is 25.1 Å². The lowest BCUT2D eigenvalue weighted by molar-refractivity contribution is 0.0230. The second-order valence-electron chi connectivity index (χ2n) is 10.4. The van der Waals surface area contributed by atoms with Crippen LogP contribution >= 0.6 is 0 Å². The van der Waals surface area contributed by atoms with Crippen molar-refractivity contribution in [2.75, 3.05) is 70.1 Å². The second-order valence-corrected chi connectivity index (χ2v) is 10.4. The Morgan fingerprint density at radius 2 is 1.72 bits per heavy atom. The number of ether oxygens (including phenoxy) is 3. The molecule has 43 heavy (non-hydrogen) atoms. The first-order valence-electron chi connectivity index (χ1n) is 14.4. The molecule has 3 heterocycles. The SMILES string of the molecule is COCCOCCOCC(=O)n1c(N(C)C2CCN(c3nc4ccccc4n3Cc3ccc(F)cc3)CC2)nccc1=O. The van der Waals surface area contributed by atoms with E-state index in [9.17, 15) is 14.0 Å². The molecule has 1 saturated heterocycles. The summed E-state index contributed by atoms with van der Waals surface area (Å²) in [6.45, 7) is 3.22. The molecule has 5 rings (SSSR count). The summed E-state index contributed by atoms with van der Waals surface area (Å²) in [5.41, 5.74) is 2.45. The molecule has 0 spiro atoms. The Balaban J connectivity index is 1.26. The van der Waals surface area contributed by atoms with Crippen molar-refractivity contribution in [3.8, 4) is 0 Å². The molecular formula is C31H37FN6O5. The fourth-order valence-corrected chi connectivity index (χ4v) is 5.32. The third kappa shape index (κ3) is 7.27. The van der Waals surface area contributed by atoms with Crippen LogP contribution in [-0.4, -0.2) is 91.3 Å². The van der Waals surface area contributed by atoms with E-state index in [0.717, 1.165) is 53.0 Å². The van der Waals surface area contributed by atoms with Crippen LogP contribution in [0.4, 0.5) is 16.3 Å². The first kappa shape index (κ1) is 30.3.